The van der Waals surface area contributed by atoms with E-state index in [1.54, 1.807) is 41.1 Å². The molecule has 0 radical (unpaired) electrons. The fraction of sp³-hybridized carbons (Fsp3) is 0.696. The van der Waals surface area contributed by atoms with Crippen molar-refractivity contribution in [1.29, 1.82) is 0 Å². The lowest BCUT2D eigenvalue weighted by Crippen LogP contribution is -2.61. The molecule has 384 valence electrons. The van der Waals surface area contributed by atoms with Gasteiger partial charge in [-0.2, -0.15) is 0 Å². The van der Waals surface area contributed by atoms with Gasteiger partial charge in [0.15, 0.2) is 5.78 Å². The Hall–Kier alpha value is -3.85. The molecular formula is C56H83NO12. The van der Waals surface area contributed by atoms with E-state index >= 15 is 0 Å². The van der Waals surface area contributed by atoms with E-state index in [4.69, 9.17) is 23.7 Å². The Morgan fingerprint density at radius 2 is 1.52 bits per heavy atom. The number of piperidine rings is 1. The maximum Gasteiger partial charge on any atom is 0.329 e. The molecule has 2 bridgehead atoms. The summed E-state index contributed by atoms with van der Waals surface area (Å²) >= 11 is 0. The van der Waals surface area contributed by atoms with Gasteiger partial charge in [0.25, 0.3) is 11.7 Å². The molecule has 13 nitrogen and oxygen atoms in total. The predicted octanol–water partition coefficient (Wildman–Crippen LogP) is 8.18. The van der Waals surface area contributed by atoms with Crippen LogP contribution in [0.2, 0.25) is 0 Å². The Bertz CT molecular complexity index is 1960. The number of hydrogen-bond acceptors (Lipinski definition) is 12. The van der Waals surface area contributed by atoms with E-state index in [1.807, 2.05) is 58.1 Å². The Labute approximate surface area is 411 Å². The zero-order valence-corrected chi connectivity index (χ0v) is 43.1. The molecule has 13 heteroatoms. The Morgan fingerprint density at radius 3 is 2.20 bits per heavy atom. The number of hydrogen-bond donors (Lipinski definition) is 2. The highest BCUT2D eigenvalue weighted by Gasteiger charge is 2.53. The molecule has 69 heavy (non-hydrogen) atoms. The van der Waals surface area contributed by atoms with Crippen LogP contribution in [-0.2, 0) is 47.7 Å². The Morgan fingerprint density at radius 1 is 0.812 bits per heavy atom. The number of aliphatic hydroxyl groups excluding tert-OH is 1. The first kappa shape index (κ1) is 56.1. The molecule has 0 aromatic heterocycles. The van der Waals surface area contributed by atoms with E-state index in [1.165, 1.54) is 12.0 Å². The molecule has 0 spiro atoms. The van der Waals surface area contributed by atoms with Crippen molar-refractivity contribution in [2.24, 2.45) is 47.3 Å². The lowest BCUT2D eigenvalue weighted by Gasteiger charge is -2.42. The van der Waals surface area contributed by atoms with Crippen molar-refractivity contribution in [3.63, 3.8) is 0 Å². The maximum absolute atomic E-state index is 14.5. The molecule has 3 fully saturated rings. The molecule has 0 aromatic rings. The smallest absolute Gasteiger partial charge is 0.329 e. The summed E-state index contributed by atoms with van der Waals surface area (Å²) in [6.45, 7) is 12.9. The van der Waals surface area contributed by atoms with E-state index < -0.39 is 77.8 Å². The highest BCUT2D eigenvalue weighted by molar-refractivity contribution is 6.39. The molecule has 5 rings (SSSR count). The second-order valence-electron chi connectivity index (χ2n) is 21.0. The summed E-state index contributed by atoms with van der Waals surface area (Å²) in [5, 5.41) is 23.5. The van der Waals surface area contributed by atoms with Crippen LogP contribution in [0, 0.1) is 47.3 Å². The average Bonchev–Trinajstić information content (AvgIpc) is 3.88. The maximum atomic E-state index is 14.5. The number of aliphatic hydroxyl groups is 2. The van der Waals surface area contributed by atoms with Gasteiger partial charge in [-0.25, -0.2) is 4.79 Å². The Kier molecular flexibility index (Phi) is 21.1. The van der Waals surface area contributed by atoms with E-state index in [-0.39, 0.29) is 54.8 Å². The number of fused-ring (bicyclic) bond motifs is 3. The minimum atomic E-state index is -2.42. The van der Waals surface area contributed by atoms with E-state index in [9.17, 15) is 34.2 Å². The molecule has 2 saturated heterocycles. The molecule has 0 aromatic carbocycles. The van der Waals surface area contributed by atoms with E-state index in [0.29, 0.717) is 62.4 Å². The summed E-state index contributed by atoms with van der Waals surface area (Å²) in [6, 6.07) is -1.12. The number of ether oxygens (including phenoxy) is 5. The number of nitrogens with zero attached hydrogens (tertiary/aromatic N) is 1. The SMILES string of the molecule is COC1C(=O)[C@H](C)C[C@H](C)/C=C/C=C/C=C(\C)[C@@H](OC)C[C@@H]2CC[C@@H](C)[C@@](O)(O2)C(=O)C(=O)N2CCCC[C@H]2C(=O)O[C@H]([C@H](C)C[C@H]2CCC(C3C=CC=C3)[C@H](OC)C2)CC(=O)[C@H](C)/C=C(\C)[C@H]1O. The van der Waals surface area contributed by atoms with Crippen molar-refractivity contribution in [3.8, 4) is 0 Å². The predicted molar refractivity (Wildman–Crippen MR) is 264 cm³/mol. The average molecular weight is 962 g/mol. The number of esters is 1. The second-order valence-corrected chi connectivity index (χ2v) is 21.0. The number of carbonyl (C=O) groups excluding carboxylic acids is 5. The van der Waals surface area contributed by atoms with Crippen LogP contribution in [0.4, 0.5) is 0 Å². The third-order valence-electron chi connectivity index (χ3n) is 15.8. The molecule has 1 saturated carbocycles. The van der Waals surface area contributed by atoms with Gasteiger partial charge in [0.2, 0.25) is 5.79 Å². The monoisotopic (exact) mass is 962 g/mol. The van der Waals surface area contributed by atoms with E-state index in [0.717, 1.165) is 24.8 Å². The molecule has 2 N–H and O–H groups in total. The summed E-state index contributed by atoms with van der Waals surface area (Å²) < 4.78 is 30.1. The molecule has 2 unspecified atom stereocenters. The summed E-state index contributed by atoms with van der Waals surface area (Å²) in [5.41, 5.74) is 1.30. The van der Waals surface area contributed by atoms with Crippen molar-refractivity contribution in [3.05, 3.63) is 71.9 Å². The van der Waals surface area contributed by atoms with Gasteiger partial charge in [-0.15, -0.1) is 0 Å². The highest BCUT2D eigenvalue weighted by atomic mass is 16.6. The number of Topliss-reactive ketones (excluding diaryl/α,β-unsaturated/α-hetero) is 3. The zero-order valence-electron chi connectivity index (χ0n) is 43.1. The summed E-state index contributed by atoms with van der Waals surface area (Å²) in [4.78, 5) is 72.4. The van der Waals surface area contributed by atoms with Gasteiger partial charge >= 0.3 is 5.97 Å². The standard InChI is InChI=1S/C56H83NO12/c1-34-18-12-11-13-19-35(2)47(65-8)32-43-25-23-40(7)56(64,69-43)53(61)54(62)57-27-17-16-22-45(57)55(63)68-48(37(4)30-41-24-26-44(49(31-41)66-9)42-20-14-15-21-42)33-46(58)36(3)29-39(6)51(60)52(67-10)50(59)38(5)28-34/h11-15,18-21,29,34,36-38,40-45,47-49,51-52,60,64H,16-17,22-28,30-33H2,1-10H3/b13-11+,18-12+,35-19+,39-29+/t34-,36-,37-,38-,40-,41-,43+,44?,45+,47+,48+,49-,51-,52?,56-/m1/s1. The van der Waals surface area contributed by atoms with Crippen molar-refractivity contribution in [2.75, 3.05) is 27.9 Å². The number of carbonyl (C=O) groups is 5. The van der Waals surface area contributed by atoms with Crippen LogP contribution >= 0.6 is 0 Å². The van der Waals surface area contributed by atoms with Gasteiger partial charge in [-0.1, -0.05) is 95.4 Å². The van der Waals surface area contributed by atoms with Gasteiger partial charge in [0.05, 0.1) is 18.3 Å². The number of rotatable bonds is 7. The second kappa shape index (κ2) is 26.0. The van der Waals surface area contributed by atoms with E-state index in [2.05, 4.69) is 24.3 Å². The van der Waals surface area contributed by atoms with Crippen molar-refractivity contribution >= 4 is 29.2 Å². The minimum absolute atomic E-state index is 0.0259. The number of amides is 1. The van der Waals surface area contributed by atoms with Crippen LogP contribution in [0.15, 0.2) is 71.9 Å². The van der Waals surface area contributed by atoms with Crippen molar-refractivity contribution in [2.45, 2.75) is 174 Å². The largest absolute Gasteiger partial charge is 0.460 e. The topological polar surface area (TPSA) is 175 Å². The normalized spacial score (nSPS) is 39.7. The van der Waals surface area contributed by atoms with Crippen LogP contribution in [-0.4, -0.2) is 121 Å². The first-order chi connectivity index (χ1) is 32.8. The minimum Gasteiger partial charge on any atom is -0.460 e. The zero-order chi connectivity index (χ0) is 50.6. The third-order valence-corrected chi connectivity index (χ3v) is 15.8. The van der Waals surface area contributed by atoms with Crippen LogP contribution in [0.3, 0.4) is 0 Å². The van der Waals surface area contributed by atoms with Gasteiger partial charge in [0, 0.05) is 64.4 Å². The first-order valence-corrected chi connectivity index (χ1v) is 25.7. The number of ketones is 3. The molecule has 1 amide bonds. The molecule has 15 atom stereocenters. The molecular weight excluding hydrogens is 879 g/mol. The molecule has 3 aliphatic heterocycles. The third kappa shape index (κ3) is 14.4. The molecule has 2 aliphatic carbocycles. The number of methoxy groups -OCH3 is 3. The summed E-state index contributed by atoms with van der Waals surface area (Å²) in [5.74, 6) is -6.92. The van der Waals surface area contributed by atoms with Crippen LogP contribution < -0.4 is 0 Å². The summed E-state index contributed by atoms with van der Waals surface area (Å²) in [7, 11) is 4.73. The molecule has 5 aliphatic rings. The lowest BCUT2D eigenvalue weighted by atomic mass is 9.71. The van der Waals surface area contributed by atoms with Crippen molar-refractivity contribution < 1.29 is 57.9 Å². The fourth-order valence-electron chi connectivity index (χ4n) is 11.3. The highest BCUT2D eigenvalue weighted by Crippen LogP contribution is 2.41. The quantitative estimate of drug-likeness (QED) is 0.143. The lowest BCUT2D eigenvalue weighted by molar-refractivity contribution is -0.265. The van der Waals surface area contributed by atoms with Crippen molar-refractivity contribution in [1.82, 2.24) is 4.90 Å². The molecule has 3 heterocycles. The van der Waals surface area contributed by atoms with Crippen LogP contribution in [0.25, 0.3) is 0 Å². The van der Waals surface area contributed by atoms with Gasteiger partial charge in [-0.05, 0) is 113 Å². The Balaban J connectivity index is 1.46. The summed E-state index contributed by atoms with van der Waals surface area (Å²) in [6.07, 6.45) is 22.0. The van der Waals surface area contributed by atoms with Crippen LogP contribution in [0.1, 0.15) is 126 Å². The first-order valence-electron chi connectivity index (χ1n) is 25.7. The fourth-order valence-corrected chi connectivity index (χ4v) is 11.3. The van der Waals surface area contributed by atoms with Gasteiger partial charge in [0.1, 0.15) is 30.1 Å². The number of allylic oxidation sites excluding steroid dienone is 10. The van der Waals surface area contributed by atoms with Gasteiger partial charge in [-0.3, -0.25) is 19.2 Å². The van der Waals surface area contributed by atoms with Crippen LogP contribution in [0.5, 0.6) is 0 Å². The van der Waals surface area contributed by atoms with Gasteiger partial charge < -0.3 is 38.8 Å². The number of cyclic esters (lactones) is 1.